The molecular formula is C18H22Cl2N2O2S. The summed E-state index contributed by atoms with van der Waals surface area (Å²) in [5.74, 6) is 0. The zero-order chi connectivity index (χ0) is 17.3. The largest absolute Gasteiger partial charge is 0.303 e. The molecule has 0 spiro atoms. The summed E-state index contributed by atoms with van der Waals surface area (Å²) < 4.78 is 28.2. The van der Waals surface area contributed by atoms with Gasteiger partial charge in [0.15, 0.2) is 0 Å². The van der Waals surface area contributed by atoms with Crippen LogP contribution in [0.1, 0.15) is 17.2 Å². The van der Waals surface area contributed by atoms with E-state index in [0.29, 0.717) is 35.1 Å². The molecule has 1 heterocycles. The molecule has 25 heavy (non-hydrogen) atoms. The number of rotatable bonds is 3. The molecule has 136 valence electrons. The van der Waals surface area contributed by atoms with Gasteiger partial charge in [0.2, 0.25) is 10.0 Å². The van der Waals surface area contributed by atoms with Gasteiger partial charge in [0.05, 0.1) is 10.9 Å². The predicted molar refractivity (Wildman–Crippen MR) is 104 cm³/mol. The van der Waals surface area contributed by atoms with Crippen LogP contribution < -0.4 is 0 Å². The van der Waals surface area contributed by atoms with Gasteiger partial charge in [0.25, 0.3) is 0 Å². The molecule has 1 aliphatic heterocycles. The molecule has 2 aromatic rings. The van der Waals surface area contributed by atoms with Crippen molar-refractivity contribution in [3.8, 4) is 0 Å². The third-order valence-electron chi connectivity index (χ3n) is 4.46. The predicted octanol–water partition coefficient (Wildman–Crippen LogP) is 3.75. The lowest BCUT2D eigenvalue weighted by Crippen LogP contribution is -2.49. The van der Waals surface area contributed by atoms with Gasteiger partial charge in [-0.05, 0) is 37.2 Å². The number of nitrogens with zero attached hydrogens (tertiary/aromatic N) is 2. The second kappa shape index (κ2) is 8.06. The fraction of sp³-hybridized carbons (Fsp3) is 0.333. The average molecular weight is 401 g/mol. The van der Waals surface area contributed by atoms with Crippen LogP contribution in [0, 0.1) is 6.92 Å². The number of piperazine rings is 1. The summed E-state index contributed by atoms with van der Waals surface area (Å²) in [7, 11) is -1.60. The highest BCUT2D eigenvalue weighted by Gasteiger charge is 2.36. The van der Waals surface area contributed by atoms with E-state index in [1.54, 1.807) is 29.4 Å². The number of hydrogen-bond acceptors (Lipinski definition) is 3. The first-order chi connectivity index (χ1) is 11.4. The third kappa shape index (κ3) is 4.18. The Morgan fingerprint density at radius 2 is 1.76 bits per heavy atom. The van der Waals surface area contributed by atoms with Crippen molar-refractivity contribution < 1.29 is 8.42 Å². The minimum absolute atomic E-state index is 0. The van der Waals surface area contributed by atoms with E-state index in [0.717, 1.165) is 5.56 Å². The van der Waals surface area contributed by atoms with E-state index in [1.165, 1.54) is 0 Å². The lowest BCUT2D eigenvalue weighted by molar-refractivity contribution is 0.160. The van der Waals surface area contributed by atoms with Gasteiger partial charge in [0, 0.05) is 24.7 Å². The topological polar surface area (TPSA) is 40.6 Å². The zero-order valence-corrected chi connectivity index (χ0v) is 16.6. The van der Waals surface area contributed by atoms with Crippen LogP contribution in [0.3, 0.4) is 0 Å². The van der Waals surface area contributed by atoms with Crippen LogP contribution >= 0.6 is 24.0 Å². The Morgan fingerprint density at radius 1 is 1.08 bits per heavy atom. The van der Waals surface area contributed by atoms with Gasteiger partial charge in [-0.25, -0.2) is 8.42 Å². The Hall–Kier alpha value is -1.11. The highest BCUT2D eigenvalue weighted by Crippen LogP contribution is 2.32. The number of likely N-dealkylation sites (N-methyl/N-ethyl adjacent to an activating group) is 1. The molecule has 0 aromatic heterocycles. The fourth-order valence-corrected chi connectivity index (χ4v) is 5.20. The molecule has 4 nitrogen and oxygen atoms in total. The summed E-state index contributed by atoms with van der Waals surface area (Å²) in [4.78, 5) is 2.45. The van der Waals surface area contributed by atoms with Gasteiger partial charge in [-0.1, -0.05) is 48.0 Å². The summed E-state index contributed by atoms with van der Waals surface area (Å²) in [6.07, 6.45) is 0. The first-order valence-corrected chi connectivity index (χ1v) is 9.73. The molecule has 3 rings (SSSR count). The normalized spacial score (nSPS) is 19.4. The van der Waals surface area contributed by atoms with Crippen LogP contribution in [-0.2, 0) is 10.0 Å². The third-order valence-corrected chi connectivity index (χ3v) is 6.74. The number of aryl methyl sites for hydroxylation is 1. The minimum atomic E-state index is -3.61. The first kappa shape index (κ1) is 20.2. The maximum absolute atomic E-state index is 13.3. The smallest absolute Gasteiger partial charge is 0.244 e. The summed E-state index contributed by atoms with van der Waals surface area (Å²) in [5.41, 5.74) is 1.72. The standard InChI is InChI=1S/C18H21ClN2O2S.ClH/c1-14-8-9-16(19)12-18(14)24(22,23)21-11-10-20(2)13-17(21)15-6-4-3-5-7-15;/h3-9,12,17H,10-11,13H2,1-2H3;1H. The van der Waals surface area contributed by atoms with E-state index in [2.05, 4.69) is 4.90 Å². The van der Waals surface area contributed by atoms with Crippen LogP contribution in [0.5, 0.6) is 0 Å². The number of sulfonamides is 1. The first-order valence-electron chi connectivity index (χ1n) is 7.91. The molecule has 0 saturated carbocycles. The van der Waals surface area contributed by atoms with Crippen molar-refractivity contribution >= 4 is 34.0 Å². The summed E-state index contributed by atoms with van der Waals surface area (Å²) >= 11 is 6.05. The summed E-state index contributed by atoms with van der Waals surface area (Å²) in [6, 6.07) is 14.6. The second-order valence-corrected chi connectivity index (χ2v) is 8.51. The van der Waals surface area contributed by atoms with Crippen molar-refractivity contribution in [3.63, 3.8) is 0 Å². The average Bonchev–Trinajstić information content (AvgIpc) is 2.57. The molecule has 7 heteroatoms. The molecule has 1 unspecified atom stereocenters. The molecule has 0 bridgehead atoms. The molecular weight excluding hydrogens is 379 g/mol. The molecule has 0 N–H and O–H groups in total. The Labute approximate surface area is 160 Å². The van der Waals surface area contributed by atoms with Gasteiger partial charge in [-0.2, -0.15) is 4.31 Å². The van der Waals surface area contributed by atoms with Crippen molar-refractivity contribution in [2.24, 2.45) is 0 Å². The second-order valence-electron chi connectivity index (χ2n) is 6.21. The fourth-order valence-electron chi connectivity index (χ4n) is 3.12. The van der Waals surface area contributed by atoms with Gasteiger partial charge in [-0.3, -0.25) is 0 Å². The molecule has 1 fully saturated rings. The van der Waals surface area contributed by atoms with Crippen LogP contribution in [0.15, 0.2) is 53.4 Å². The molecule has 0 radical (unpaired) electrons. The van der Waals surface area contributed by atoms with E-state index in [1.807, 2.05) is 37.4 Å². The SMILES string of the molecule is Cc1ccc(Cl)cc1S(=O)(=O)N1CCN(C)CC1c1ccccc1.Cl. The maximum atomic E-state index is 13.3. The van der Waals surface area contributed by atoms with Gasteiger partial charge >= 0.3 is 0 Å². The van der Waals surface area contributed by atoms with Gasteiger partial charge in [-0.15, -0.1) is 12.4 Å². The number of benzene rings is 2. The van der Waals surface area contributed by atoms with Crippen molar-refractivity contribution in [2.75, 3.05) is 26.7 Å². The van der Waals surface area contributed by atoms with Crippen LogP contribution in [0.2, 0.25) is 5.02 Å². The van der Waals surface area contributed by atoms with E-state index >= 15 is 0 Å². The summed E-state index contributed by atoms with van der Waals surface area (Å²) in [5, 5.41) is 0.435. The lowest BCUT2D eigenvalue weighted by Gasteiger charge is -2.39. The Bertz CT molecular complexity index is 828. The van der Waals surface area contributed by atoms with Crippen LogP contribution in [0.25, 0.3) is 0 Å². The monoisotopic (exact) mass is 400 g/mol. The lowest BCUT2D eigenvalue weighted by atomic mass is 10.1. The van der Waals surface area contributed by atoms with Crippen LogP contribution in [0.4, 0.5) is 0 Å². The number of halogens is 2. The van der Waals surface area contributed by atoms with Crippen molar-refractivity contribution in [1.29, 1.82) is 0 Å². The maximum Gasteiger partial charge on any atom is 0.244 e. The zero-order valence-electron chi connectivity index (χ0n) is 14.2. The molecule has 0 aliphatic carbocycles. The van der Waals surface area contributed by atoms with E-state index < -0.39 is 10.0 Å². The van der Waals surface area contributed by atoms with Crippen LogP contribution in [-0.4, -0.2) is 44.3 Å². The highest BCUT2D eigenvalue weighted by atomic mass is 35.5. The van der Waals surface area contributed by atoms with Gasteiger partial charge in [0.1, 0.15) is 0 Å². The Kier molecular flexibility index (Phi) is 6.51. The Balaban J connectivity index is 0.00000225. The van der Waals surface area contributed by atoms with E-state index in [9.17, 15) is 8.42 Å². The minimum Gasteiger partial charge on any atom is -0.303 e. The molecule has 2 aromatic carbocycles. The molecule has 1 aliphatic rings. The van der Waals surface area contributed by atoms with Gasteiger partial charge < -0.3 is 4.90 Å². The highest BCUT2D eigenvalue weighted by molar-refractivity contribution is 7.89. The van der Waals surface area contributed by atoms with E-state index in [-0.39, 0.29) is 18.4 Å². The van der Waals surface area contributed by atoms with E-state index in [4.69, 9.17) is 11.6 Å². The quantitative estimate of drug-likeness (QED) is 0.787. The number of hydrogen-bond donors (Lipinski definition) is 0. The Morgan fingerprint density at radius 3 is 2.44 bits per heavy atom. The molecule has 0 amide bonds. The van der Waals surface area contributed by atoms with Crippen molar-refractivity contribution in [2.45, 2.75) is 17.9 Å². The molecule has 1 atom stereocenters. The van der Waals surface area contributed by atoms with Crippen molar-refractivity contribution in [3.05, 3.63) is 64.7 Å². The van der Waals surface area contributed by atoms with Crippen molar-refractivity contribution in [1.82, 2.24) is 9.21 Å². The summed E-state index contributed by atoms with van der Waals surface area (Å²) in [6.45, 7) is 3.65. The molecule has 1 saturated heterocycles.